The maximum atomic E-state index is 12.7. The zero-order valence-corrected chi connectivity index (χ0v) is 17.4. The van der Waals surface area contributed by atoms with Gasteiger partial charge in [0.2, 0.25) is 0 Å². The average Bonchev–Trinajstić information content (AvgIpc) is 3.13. The molecule has 3 heterocycles. The minimum Gasteiger partial charge on any atom is -0.357 e. The standard InChI is InChI=1S/C22H18ClN3O.C2H6/c23-16-3-1-14(2-4-16)15-8-10-26(22(27)11-15)17-5-6-18-19-7-9-24-13-21(19)25-20(18)12-17;1-2/h1-6,8,10-12,24-25H,7,9,13H2;1-2H3. The van der Waals surface area contributed by atoms with Crippen LogP contribution in [-0.4, -0.2) is 16.1 Å². The molecule has 0 aliphatic carbocycles. The van der Waals surface area contributed by atoms with E-state index in [1.165, 1.54) is 16.6 Å². The summed E-state index contributed by atoms with van der Waals surface area (Å²) in [5.41, 5.74) is 6.38. The van der Waals surface area contributed by atoms with Crippen LogP contribution in [0.3, 0.4) is 0 Å². The number of nitrogens with zero attached hydrogens (tertiary/aromatic N) is 1. The maximum Gasteiger partial charge on any atom is 0.255 e. The lowest BCUT2D eigenvalue weighted by Crippen LogP contribution is -2.22. The fourth-order valence-corrected chi connectivity index (χ4v) is 3.95. The van der Waals surface area contributed by atoms with E-state index < -0.39 is 0 Å². The monoisotopic (exact) mass is 405 g/mol. The van der Waals surface area contributed by atoms with Gasteiger partial charge in [0.15, 0.2) is 0 Å². The molecule has 4 aromatic rings. The predicted molar refractivity (Wildman–Crippen MR) is 121 cm³/mol. The number of hydrogen-bond acceptors (Lipinski definition) is 2. The Kier molecular flexibility index (Phi) is 5.56. The van der Waals surface area contributed by atoms with E-state index in [2.05, 4.69) is 22.4 Å². The summed E-state index contributed by atoms with van der Waals surface area (Å²) in [6.07, 6.45) is 2.86. The molecule has 0 amide bonds. The second kappa shape index (κ2) is 8.27. The molecule has 2 aromatic carbocycles. The van der Waals surface area contributed by atoms with Crippen LogP contribution in [0.5, 0.6) is 0 Å². The molecule has 29 heavy (non-hydrogen) atoms. The van der Waals surface area contributed by atoms with Crippen LogP contribution in [-0.2, 0) is 13.0 Å². The van der Waals surface area contributed by atoms with Crippen LogP contribution in [0, 0.1) is 0 Å². The molecule has 0 radical (unpaired) electrons. The lowest BCUT2D eigenvalue weighted by molar-refractivity contribution is 0.637. The van der Waals surface area contributed by atoms with Crippen molar-refractivity contribution >= 4 is 22.5 Å². The van der Waals surface area contributed by atoms with Crippen LogP contribution in [0.4, 0.5) is 0 Å². The van der Waals surface area contributed by atoms with E-state index >= 15 is 0 Å². The third-order valence-corrected chi connectivity index (χ3v) is 5.46. The van der Waals surface area contributed by atoms with Gasteiger partial charge >= 0.3 is 0 Å². The minimum absolute atomic E-state index is 0.0558. The van der Waals surface area contributed by atoms with Crippen molar-refractivity contribution < 1.29 is 0 Å². The van der Waals surface area contributed by atoms with E-state index in [1.54, 1.807) is 10.6 Å². The average molecular weight is 406 g/mol. The Hall–Kier alpha value is -2.82. The first-order valence-corrected chi connectivity index (χ1v) is 10.4. The zero-order valence-electron chi connectivity index (χ0n) is 16.6. The van der Waals surface area contributed by atoms with Crippen molar-refractivity contribution in [2.75, 3.05) is 6.54 Å². The normalized spacial score (nSPS) is 12.9. The molecular weight excluding hydrogens is 382 g/mol. The summed E-state index contributed by atoms with van der Waals surface area (Å²) in [5.74, 6) is 0. The summed E-state index contributed by atoms with van der Waals surface area (Å²) >= 11 is 5.95. The van der Waals surface area contributed by atoms with Gasteiger partial charge in [0, 0.05) is 40.4 Å². The van der Waals surface area contributed by atoms with Crippen LogP contribution in [0.2, 0.25) is 5.02 Å². The molecule has 148 valence electrons. The molecule has 5 heteroatoms. The molecule has 0 saturated carbocycles. The number of aromatic amines is 1. The third-order valence-electron chi connectivity index (χ3n) is 5.21. The largest absolute Gasteiger partial charge is 0.357 e. The van der Waals surface area contributed by atoms with Crippen LogP contribution in [0.15, 0.2) is 65.6 Å². The van der Waals surface area contributed by atoms with Crippen LogP contribution < -0.4 is 10.9 Å². The first kappa shape index (κ1) is 19.5. The Labute approximate surface area is 175 Å². The highest BCUT2D eigenvalue weighted by atomic mass is 35.5. The van der Waals surface area contributed by atoms with Crippen molar-refractivity contribution in [2.45, 2.75) is 26.8 Å². The highest BCUT2D eigenvalue weighted by molar-refractivity contribution is 6.30. The first-order valence-electron chi connectivity index (χ1n) is 10.0. The molecule has 0 saturated heterocycles. The van der Waals surface area contributed by atoms with Crippen molar-refractivity contribution in [1.82, 2.24) is 14.9 Å². The number of aromatic nitrogens is 2. The SMILES string of the molecule is CC.O=c1cc(-c2ccc(Cl)cc2)ccn1-c1ccc2c3c([nH]c2c1)CNCC3. The zero-order chi connectivity index (χ0) is 20.4. The number of H-pyrrole nitrogens is 1. The van der Waals surface area contributed by atoms with Crippen molar-refractivity contribution in [3.8, 4) is 16.8 Å². The lowest BCUT2D eigenvalue weighted by atomic mass is 10.0. The summed E-state index contributed by atoms with van der Waals surface area (Å²) in [6.45, 7) is 5.88. The number of halogens is 1. The van der Waals surface area contributed by atoms with Crippen molar-refractivity contribution in [3.05, 3.63) is 87.4 Å². The van der Waals surface area contributed by atoms with Gasteiger partial charge in [-0.05, 0) is 60.0 Å². The van der Waals surface area contributed by atoms with Crippen molar-refractivity contribution in [1.29, 1.82) is 0 Å². The van der Waals surface area contributed by atoms with Crippen LogP contribution >= 0.6 is 11.6 Å². The molecule has 0 spiro atoms. The van der Waals surface area contributed by atoms with Gasteiger partial charge < -0.3 is 10.3 Å². The van der Waals surface area contributed by atoms with Crippen LogP contribution in [0.1, 0.15) is 25.1 Å². The number of benzene rings is 2. The molecule has 5 rings (SSSR count). The molecule has 1 aliphatic heterocycles. The maximum absolute atomic E-state index is 12.7. The van der Waals surface area contributed by atoms with E-state index in [0.29, 0.717) is 5.02 Å². The molecule has 1 aliphatic rings. The molecule has 0 atom stereocenters. The summed E-state index contributed by atoms with van der Waals surface area (Å²) in [5, 5.41) is 5.32. The Bertz CT molecular complexity index is 1210. The van der Waals surface area contributed by atoms with Gasteiger partial charge in [-0.2, -0.15) is 0 Å². The van der Waals surface area contributed by atoms with Gasteiger partial charge in [-0.25, -0.2) is 0 Å². The lowest BCUT2D eigenvalue weighted by Gasteiger charge is -2.12. The number of rotatable bonds is 2. The number of fused-ring (bicyclic) bond motifs is 3. The topological polar surface area (TPSA) is 49.8 Å². The van der Waals surface area contributed by atoms with Gasteiger partial charge in [0.1, 0.15) is 0 Å². The molecule has 0 fully saturated rings. The molecule has 4 nitrogen and oxygen atoms in total. The molecular formula is C24H24ClN3O. The molecule has 0 unspecified atom stereocenters. The second-order valence-electron chi connectivity index (χ2n) is 6.87. The first-order chi connectivity index (χ1) is 14.2. The van der Waals surface area contributed by atoms with Crippen molar-refractivity contribution in [3.63, 3.8) is 0 Å². The number of pyridine rings is 1. The van der Waals surface area contributed by atoms with Crippen LogP contribution in [0.25, 0.3) is 27.7 Å². The molecule has 2 N–H and O–H groups in total. The summed E-state index contributed by atoms with van der Waals surface area (Å²) in [4.78, 5) is 16.2. The van der Waals surface area contributed by atoms with Crippen molar-refractivity contribution in [2.24, 2.45) is 0 Å². The van der Waals surface area contributed by atoms with E-state index in [4.69, 9.17) is 11.6 Å². The molecule has 2 aromatic heterocycles. The summed E-state index contributed by atoms with van der Waals surface area (Å²) in [7, 11) is 0. The fourth-order valence-electron chi connectivity index (χ4n) is 3.83. The Balaban J connectivity index is 0.000000994. The van der Waals surface area contributed by atoms with E-state index in [-0.39, 0.29) is 5.56 Å². The van der Waals surface area contributed by atoms with Gasteiger partial charge in [0.25, 0.3) is 5.56 Å². The fraction of sp³-hybridized carbons (Fsp3) is 0.208. The van der Waals surface area contributed by atoms with E-state index in [9.17, 15) is 4.79 Å². The predicted octanol–water partition coefficient (Wildman–Crippen LogP) is 5.31. The van der Waals surface area contributed by atoms with Gasteiger partial charge in [-0.1, -0.05) is 43.6 Å². The quantitative estimate of drug-likeness (QED) is 0.474. The highest BCUT2D eigenvalue weighted by Crippen LogP contribution is 2.27. The van der Waals surface area contributed by atoms with E-state index in [0.717, 1.165) is 41.8 Å². The number of nitrogens with one attached hydrogen (secondary N) is 2. The smallest absolute Gasteiger partial charge is 0.255 e. The molecule has 0 bridgehead atoms. The van der Waals surface area contributed by atoms with Gasteiger partial charge in [0.05, 0.1) is 5.69 Å². The summed E-state index contributed by atoms with van der Waals surface area (Å²) < 4.78 is 1.68. The minimum atomic E-state index is -0.0558. The highest BCUT2D eigenvalue weighted by Gasteiger charge is 2.15. The second-order valence-corrected chi connectivity index (χ2v) is 7.31. The van der Waals surface area contributed by atoms with Gasteiger partial charge in [-0.3, -0.25) is 9.36 Å². The number of hydrogen-bond donors (Lipinski definition) is 2. The van der Waals surface area contributed by atoms with Gasteiger partial charge in [-0.15, -0.1) is 0 Å². The Morgan fingerprint density at radius 3 is 2.52 bits per heavy atom. The summed E-state index contributed by atoms with van der Waals surface area (Å²) in [6, 6.07) is 17.3. The third kappa shape index (κ3) is 3.74. The Morgan fingerprint density at radius 2 is 1.76 bits per heavy atom. The van der Waals surface area contributed by atoms with E-state index in [1.807, 2.05) is 56.4 Å². The Morgan fingerprint density at radius 1 is 0.966 bits per heavy atom.